The van der Waals surface area contributed by atoms with Gasteiger partial charge in [-0.1, -0.05) is 70.4 Å². The second-order valence-electron chi connectivity index (χ2n) is 10.9. The summed E-state index contributed by atoms with van der Waals surface area (Å²) < 4.78 is 5.12. The summed E-state index contributed by atoms with van der Waals surface area (Å²) in [4.78, 5) is 65.0. The van der Waals surface area contributed by atoms with Crippen molar-refractivity contribution in [1.82, 2.24) is 21.3 Å². The zero-order valence-corrected chi connectivity index (χ0v) is 24.0. The molecule has 3 atom stereocenters. The highest BCUT2D eigenvalue weighted by Gasteiger charge is 2.45. The maximum absolute atomic E-state index is 13.6. The quantitative estimate of drug-likeness (QED) is 0.281. The third kappa shape index (κ3) is 9.07. The molecule has 1 fully saturated rings. The number of rotatable bonds is 13. The molecule has 0 aliphatic heterocycles. The molecule has 0 radical (unpaired) electrons. The second-order valence-corrected chi connectivity index (χ2v) is 10.9. The summed E-state index contributed by atoms with van der Waals surface area (Å²) in [7, 11) is 0. The summed E-state index contributed by atoms with van der Waals surface area (Å²) in [6.45, 7) is 10.6. The van der Waals surface area contributed by atoms with Crippen LogP contribution in [0.25, 0.3) is 0 Å². The van der Waals surface area contributed by atoms with Crippen molar-refractivity contribution in [1.29, 1.82) is 0 Å². The summed E-state index contributed by atoms with van der Waals surface area (Å²) in [6, 6.07) is 6.95. The first-order valence-corrected chi connectivity index (χ1v) is 13.9. The van der Waals surface area contributed by atoms with E-state index in [4.69, 9.17) is 4.74 Å². The molecule has 1 saturated carbocycles. The molecule has 1 aliphatic carbocycles. The molecule has 4 amide bonds. The van der Waals surface area contributed by atoms with Crippen molar-refractivity contribution in [3.05, 3.63) is 35.9 Å². The molecule has 1 aromatic rings. The number of amides is 4. The zero-order chi connectivity index (χ0) is 29.2. The number of carbonyl (C=O) groups is 5. The third-order valence-corrected chi connectivity index (χ3v) is 6.89. The first-order chi connectivity index (χ1) is 18.4. The summed E-state index contributed by atoms with van der Waals surface area (Å²) in [5.74, 6) is -2.78. The van der Waals surface area contributed by atoms with Crippen molar-refractivity contribution < 1.29 is 28.7 Å². The normalized spacial score (nSPS) is 16.6. The second kappa shape index (κ2) is 14.6. The molecule has 2 rings (SSSR count). The van der Waals surface area contributed by atoms with Crippen molar-refractivity contribution in [2.75, 3.05) is 0 Å². The van der Waals surface area contributed by atoms with Gasteiger partial charge in [0.25, 0.3) is 5.91 Å². The number of hydrogen-bond donors (Lipinski definition) is 4. The van der Waals surface area contributed by atoms with Gasteiger partial charge in [0.1, 0.15) is 11.6 Å². The Balaban J connectivity index is 2.14. The van der Waals surface area contributed by atoms with E-state index in [0.717, 1.165) is 5.56 Å². The minimum absolute atomic E-state index is 0.268. The Hall–Kier alpha value is -3.43. The molecular formula is C29H44N4O6. The highest BCUT2D eigenvalue weighted by Crippen LogP contribution is 2.30. The Labute approximate surface area is 231 Å². The number of nitrogens with one attached hydrogen (secondary N) is 4. The number of Topliss-reactive ketones (excluding diaryl/α,β-unsaturated/α-hetero) is 1. The van der Waals surface area contributed by atoms with Crippen molar-refractivity contribution in [3.63, 3.8) is 0 Å². The van der Waals surface area contributed by atoms with E-state index in [9.17, 15) is 24.0 Å². The van der Waals surface area contributed by atoms with Crippen molar-refractivity contribution in [2.24, 2.45) is 5.92 Å². The van der Waals surface area contributed by atoms with Crippen LogP contribution in [0.2, 0.25) is 0 Å². The lowest BCUT2D eigenvalue weighted by molar-refractivity contribution is -0.142. The molecule has 0 spiro atoms. The topological polar surface area (TPSA) is 143 Å². The van der Waals surface area contributed by atoms with Crippen LogP contribution < -0.4 is 21.3 Å². The van der Waals surface area contributed by atoms with E-state index in [-0.39, 0.29) is 24.5 Å². The van der Waals surface area contributed by atoms with Crippen LogP contribution in [0.1, 0.15) is 91.7 Å². The van der Waals surface area contributed by atoms with Gasteiger partial charge in [-0.05, 0) is 51.5 Å². The number of hydrogen-bond acceptors (Lipinski definition) is 6. The molecule has 0 saturated heterocycles. The van der Waals surface area contributed by atoms with Crippen LogP contribution in [-0.4, -0.2) is 53.3 Å². The Morgan fingerprint density at radius 1 is 0.897 bits per heavy atom. The molecule has 0 unspecified atom stereocenters. The van der Waals surface area contributed by atoms with E-state index in [1.807, 2.05) is 37.3 Å². The number of carbonyl (C=O) groups excluding carboxylic acids is 5. The Morgan fingerprint density at radius 2 is 1.51 bits per heavy atom. The van der Waals surface area contributed by atoms with Gasteiger partial charge in [0.05, 0.1) is 18.2 Å². The van der Waals surface area contributed by atoms with Crippen LogP contribution in [-0.2, 0) is 23.9 Å². The fourth-order valence-corrected chi connectivity index (χ4v) is 4.72. The molecule has 0 aromatic heterocycles. The van der Waals surface area contributed by atoms with Gasteiger partial charge >= 0.3 is 6.09 Å². The average Bonchev–Trinajstić information content (AvgIpc) is 3.36. The van der Waals surface area contributed by atoms with E-state index in [2.05, 4.69) is 21.3 Å². The fourth-order valence-electron chi connectivity index (χ4n) is 4.72. The standard InChI is InChI=1S/C29H44N4O6/c1-7-13-22(24(34)26(36)30-20(6)21-14-9-8-10-15-21)31-27(37)29(16-11-12-17-29)33-25(35)23(18(2)3)32-28(38)39-19(4)5/h8-10,14-15,18-20,22-23H,7,11-13,16-17H2,1-6H3,(H,30,36)(H,31,37)(H,32,38)(H,33,35)/t20-,22+,23-/m0/s1. The van der Waals surface area contributed by atoms with E-state index in [1.54, 1.807) is 34.6 Å². The number of ether oxygens (including phenoxy) is 1. The zero-order valence-electron chi connectivity index (χ0n) is 24.0. The van der Waals surface area contributed by atoms with Gasteiger partial charge in [0.2, 0.25) is 17.6 Å². The molecule has 1 aromatic carbocycles. The molecule has 216 valence electrons. The molecule has 10 nitrogen and oxygen atoms in total. The lowest BCUT2D eigenvalue weighted by Gasteiger charge is -2.33. The average molecular weight is 545 g/mol. The predicted octanol–water partition coefficient (Wildman–Crippen LogP) is 3.31. The molecule has 10 heteroatoms. The first-order valence-electron chi connectivity index (χ1n) is 13.9. The van der Waals surface area contributed by atoms with Crippen molar-refractivity contribution in [3.8, 4) is 0 Å². The van der Waals surface area contributed by atoms with Crippen LogP contribution in [0.3, 0.4) is 0 Å². The van der Waals surface area contributed by atoms with E-state index >= 15 is 0 Å². The maximum Gasteiger partial charge on any atom is 0.408 e. The van der Waals surface area contributed by atoms with Gasteiger partial charge in [0.15, 0.2) is 0 Å². The molecule has 1 aliphatic rings. The van der Waals surface area contributed by atoms with Crippen molar-refractivity contribution in [2.45, 2.75) is 110 Å². The maximum atomic E-state index is 13.6. The Bertz CT molecular complexity index is 1000. The molecule has 39 heavy (non-hydrogen) atoms. The minimum atomic E-state index is -1.24. The highest BCUT2D eigenvalue weighted by molar-refractivity contribution is 6.38. The fraction of sp³-hybridized carbons (Fsp3) is 0.621. The van der Waals surface area contributed by atoms with Gasteiger partial charge < -0.3 is 26.0 Å². The van der Waals surface area contributed by atoms with Crippen molar-refractivity contribution >= 4 is 29.6 Å². The van der Waals surface area contributed by atoms with E-state index < -0.39 is 47.2 Å². The van der Waals surface area contributed by atoms with Gasteiger partial charge in [-0.3, -0.25) is 19.2 Å². The molecule has 4 N–H and O–H groups in total. The van der Waals surface area contributed by atoms with E-state index in [1.165, 1.54) is 0 Å². The van der Waals surface area contributed by atoms with Crippen LogP contribution in [0.5, 0.6) is 0 Å². The smallest absolute Gasteiger partial charge is 0.408 e. The third-order valence-electron chi connectivity index (χ3n) is 6.89. The summed E-state index contributed by atoms with van der Waals surface area (Å²) in [5, 5.41) is 10.9. The highest BCUT2D eigenvalue weighted by atomic mass is 16.6. The summed E-state index contributed by atoms with van der Waals surface area (Å²) in [5.41, 5.74) is -0.388. The van der Waals surface area contributed by atoms with Crippen LogP contribution in [0.4, 0.5) is 4.79 Å². The number of benzene rings is 1. The first kappa shape index (κ1) is 31.8. The predicted molar refractivity (Wildman–Crippen MR) is 148 cm³/mol. The van der Waals surface area contributed by atoms with Gasteiger partial charge in [-0.15, -0.1) is 0 Å². The van der Waals surface area contributed by atoms with Crippen LogP contribution in [0.15, 0.2) is 30.3 Å². The largest absolute Gasteiger partial charge is 0.447 e. The molecule has 0 heterocycles. The summed E-state index contributed by atoms with van der Waals surface area (Å²) >= 11 is 0. The Morgan fingerprint density at radius 3 is 2.05 bits per heavy atom. The monoisotopic (exact) mass is 544 g/mol. The van der Waals surface area contributed by atoms with Gasteiger partial charge in [-0.2, -0.15) is 0 Å². The molecular weight excluding hydrogens is 500 g/mol. The van der Waals surface area contributed by atoms with Crippen LogP contribution >= 0.6 is 0 Å². The lowest BCUT2D eigenvalue weighted by Crippen LogP contribution is -2.63. The lowest BCUT2D eigenvalue weighted by atomic mass is 9.93. The van der Waals surface area contributed by atoms with Gasteiger partial charge in [0, 0.05) is 0 Å². The SMILES string of the molecule is CCC[C@@H](NC(=O)C1(NC(=O)[C@@H](NC(=O)OC(C)C)C(C)C)CCCC1)C(=O)C(=O)N[C@@H](C)c1ccccc1. The van der Waals surface area contributed by atoms with E-state index in [0.29, 0.717) is 32.1 Å². The Kier molecular flexibility index (Phi) is 11.9. The number of ketones is 1. The summed E-state index contributed by atoms with van der Waals surface area (Å²) in [6.07, 6.45) is 1.97. The minimum Gasteiger partial charge on any atom is -0.447 e. The number of alkyl carbamates (subject to hydrolysis) is 1. The van der Waals surface area contributed by atoms with Gasteiger partial charge in [-0.25, -0.2) is 4.79 Å². The van der Waals surface area contributed by atoms with Crippen LogP contribution in [0, 0.1) is 5.92 Å². The molecule has 0 bridgehead atoms.